The molecule has 4 heteroatoms. The summed E-state index contributed by atoms with van der Waals surface area (Å²) in [5.74, 6) is -1.01. The van der Waals surface area contributed by atoms with Gasteiger partial charge in [0.15, 0.2) is 0 Å². The van der Waals surface area contributed by atoms with Crippen LogP contribution in [0, 0.1) is 11.3 Å². The molecule has 0 bridgehead atoms. The van der Waals surface area contributed by atoms with Crippen LogP contribution in [0.25, 0.3) is 0 Å². The zero-order chi connectivity index (χ0) is 28.3. The van der Waals surface area contributed by atoms with Gasteiger partial charge in [0.2, 0.25) is 0 Å². The Kier molecular flexibility index (Phi) is 25.4. The van der Waals surface area contributed by atoms with E-state index in [2.05, 4.69) is 20.8 Å². The molecule has 0 heterocycles. The second-order valence-electron chi connectivity index (χ2n) is 12.1. The number of hydrogen-bond donors (Lipinski definition) is 2. The Morgan fingerprint density at radius 2 is 0.842 bits per heavy atom. The fraction of sp³-hybridized carbons (Fsp3) is 0.941. The molecule has 4 nitrogen and oxygen atoms in total. The van der Waals surface area contributed by atoms with Gasteiger partial charge in [-0.3, -0.25) is 9.59 Å². The highest BCUT2D eigenvalue weighted by molar-refractivity contribution is 5.75. The minimum atomic E-state index is -0.714. The van der Waals surface area contributed by atoms with Crippen LogP contribution in [-0.4, -0.2) is 22.2 Å². The molecule has 0 aliphatic heterocycles. The quantitative estimate of drug-likeness (QED) is 0.0892. The molecule has 0 saturated heterocycles. The lowest BCUT2D eigenvalue weighted by Gasteiger charge is -2.38. The van der Waals surface area contributed by atoms with Crippen molar-refractivity contribution in [2.75, 3.05) is 0 Å². The van der Waals surface area contributed by atoms with E-state index in [0.717, 1.165) is 83.5 Å². The predicted molar refractivity (Wildman–Crippen MR) is 163 cm³/mol. The number of unbranched alkanes of at least 4 members (excludes halogenated alkanes) is 18. The van der Waals surface area contributed by atoms with E-state index in [9.17, 15) is 14.7 Å². The normalized spacial score (nSPS) is 12.6. The molecule has 1 atom stereocenters. The standard InChI is InChI=1S/C34H66O4/c1-4-7-10-13-16-21-26-31(27-22-17-18-23-28-32(35)36)34(33(37)38,29-24-19-14-11-8-5-2)30-25-20-15-12-9-6-3/h31H,4-30H2,1-3H3,(H,35,36)(H,37,38). The summed E-state index contributed by atoms with van der Waals surface area (Å²) in [4.78, 5) is 24.0. The van der Waals surface area contributed by atoms with E-state index < -0.39 is 17.4 Å². The Hall–Kier alpha value is -1.06. The number of hydrogen-bond acceptors (Lipinski definition) is 2. The highest BCUT2D eigenvalue weighted by atomic mass is 16.4. The molecular formula is C34H66O4. The van der Waals surface area contributed by atoms with Gasteiger partial charge in [-0.2, -0.15) is 0 Å². The Balaban J connectivity index is 5.35. The maximum Gasteiger partial charge on any atom is 0.309 e. The van der Waals surface area contributed by atoms with Crippen molar-refractivity contribution in [3.05, 3.63) is 0 Å². The number of carbonyl (C=O) groups is 2. The molecule has 0 saturated carbocycles. The van der Waals surface area contributed by atoms with Gasteiger partial charge in [-0.1, -0.05) is 156 Å². The van der Waals surface area contributed by atoms with Gasteiger partial charge in [0.05, 0.1) is 5.41 Å². The lowest BCUT2D eigenvalue weighted by molar-refractivity contribution is -0.155. The maximum absolute atomic E-state index is 13.1. The Labute approximate surface area is 237 Å². The van der Waals surface area contributed by atoms with Gasteiger partial charge in [-0.15, -0.1) is 0 Å². The monoisotopic (exact) mass is 538 g/mol. The van der Waals surface area contributed by atoms with E-state index in [-0.39, 0.29) is 12.3 Å². The van der Waals surface area contributed by atoms with Crippen LogP contribution in [-0.2, 0) is 9.59 Å². The van der Waals surface area contributed by atoms with Crippen molar-refractivity contribution >= 4 is 11.9 Å². The minimum Gasteiger partial charge on any atom is -0.481 e. The fourth-order valence-corrected chi connectivity index (χ4v) is 6.25. The van der Waals surface area contributed by atoms with E-state index in [1.807, 2.05) is 0 Å². The van der Waals surface area contributed by atoms with E-state index in [0.29, 0.717) is 0 Å². The van der Waals surface area contributed by atoms with Crippen molar-refractivity contribution < 1.29 is 19.8 Å². The average molecular weight is 539 g/mol. The van der Waals surface area contributed by atoms with Crippen LogP contribution in [0.5, 0.6) is 0 Å². The van der Waals surface area contributed by atoms with Crippen LogP contribution in [0.4, 0.5) is 0 Å². The first-order valence-corrected chi connectivity index (χ1v) is 16.9. The number of carboxylic acid groups (broad SMARTS) is 2. The van der Waals surface area contributed by atoms with Gasteiger partial charge in [0.1, 0.15) is 0 Å². The van der Waals surface area contributed by atoms with Crippen LogP contribution in [0.1, 0.15) is 194 Å². The highest BCUT2D eigenvalue weighted by Gasteiger charge is 2.43. The SMILES string of the molecule is CCCCCCCCC(CCCCCCC(=O)O)C(CCCCCCCC)(CCCCCCCC)C(=O)O. The van der Waals surface area contributed by atoms with E-state index in [1.54, 1.807) is 0 Å². The zero-order valence-electron chi connectivity index (χ0n) is 25.9. The summed E-state index contributed by atoms with van der Waals surface area (Å²) >= 11 is 0. The lowest BCUT2D eigenvalue weighted by atomic mass is 9.65. The first-order valence-electron chi connectivity index (χ1n) is 16.9. The van der Waals surface area contributed by atoms with E-state index in [1.165, 1.54) is 83.5 Å². The smallest absolute Gasteiger partial charge is 0.309 e. The van der Waals surface area contributed by atoms with Crippen LogP contribution >= 0.6 is 0 Å². The molecule has 1 unspecified atom stereocenters. The molecule has 0 rings (SSSR count). The van der Waals surface area contributed by atoms with Gasteiger partial charge in [0.25, 0.3) is 0 Å². The van der Waals surface area contributed by atoms with Crippen molar-refractivity contribution in [1.29, 1.82) is 0 Å². The van der Waals surface area contributed by atoms with E-state index >= 15 is 0 Å². The maximum atomic E-state index is 13.1. The van der Waals surface area contributed by atoms with Gasteiger partial charge < -0.3 is 10.2 Å². The molecule has 226 valence electrons. The summed E-state index contributed by atoms with van der Waals surface area (Å²) in [6.07, 6.45) is 29.6. The highest BCUT2D eigenvalue weighted by Crippen LogP contribution is 2.45. The van der Waals surface area contributed by atoms with Crippen LogP contribution in [0.2, 0.25) is 0 Å². The zero-order valence-corrected chi connectivity index (χ0v) is 25.9. The second-order valence-corrected chi connectivity index (χ2v) is 12.1. The third-order valence-electron chi connectivity index (χ3n) is 8.76. The average Bonchev–Trinajstić information content (AvgIpc) is 2.89. The van der Waals surface area contributed by atoms with Crippen molar-refractivity contribution in [2.45, 2.75) is 194 Å². The summed E-state index contributed by atoms with van der Waals surface area (Å²) < 4.78 is 0. The Bertz CT molecular complexity index is 529. The predicted octanol–water partition coefficient (Wildman–Crippen LogP) is 11.4. The topological polar surface area (TPSA) is 74.6 Å². The molecule has 0 aliphatic carbocycles. The largest absolute Gasteiger partial charge is 0.481 e. The third-order valence-corrected chi connectivity index (χ3v) is 8.76. The van der Waals surface area contributed by atoms with E-state index in [4.69, 9.17) is 5.11 Å². The van der Waals surface area contributed by atoms with Gasteiger partial charge >= 0.3 is 11.9 Å². The molecule has 0 radical (unpaired) electrons. The van der Waals surface area contributed by atoms with Gasteiger partial charge in [0, 0.05) is 6.42 Å². The molecule has 0 aromatic carbocycles. The number of rotatable bonds is 30. The molecular weight excluding hydrogens is 472 g/mol. The van der Waals surface area contributed by atoms with Crippen LogP contribution < -0.4 is 0 Å². The Morgan fingerprint density at radius 1 is 0.500 bits per heavy atom. The first kappa shape index (κ1) is 36.9. The summed E-state index contributed by atoms with van der Waals surface area (Å²) in [6, 6.07) is 0. The molecule has 0 spiro atoms. The molecule has 0 amide bonds. The van der Waals surface area contributed by atoms with Gasteiger partial charge in [-0.25, -0.2) is 0 Å². The molecule has 2 N–H and O–H groups in total. The van der Waals surface area contributed by atoms with Crippen molar-refractivity contribution in [1.82, 2.24) is 0 Å². The molecule has 0 aromatic heterocycles. The lowest BCUT2D eigenvalue weighted by Crippen LogP contribution is -2.39. The Morgan fingerprint density at radius 3 is 1.21 bits per heavy atom. The molecule has 0 fully saturated rings. The van der Waals surface area contributed by atoms with Crippen LogP contribution in [0.15, 0.2) is 0 Å². The van der Waals surface area contributed by atoms with Gasteiger partial charge in [-0.05, 0) is 38.0 Å². The van der Waals surface area contributed by atoms with Crippen molar-refractivity contribution in [2.24, 2.45) is 11.3 Å². The number of aliphatic carboxylic acids is 2. The summed E-state index contributed by atoms with van der Waals surface area (Å²) in [7, 11) is 0. The second kappa shape index (κ2) is 26.2. The summed E-state index contributed by atoms with van der Waals surface area (Å²) in [6.45, 7) is 6.73. The third kappa shape index (κ3) is 19.1. The fourth-order valence-electron chi connectivity index (χ4n) is 6.25. The number of carboxylic acids is 2. The van der Waals surface area contributed by atoms with Crippen LogP contribution in [0.3, 0.4) is 0 Å². The first-order chi connectivity index (χ1) is 18.4. The minimum absolute atomic E-state index is 0.246. The molecule has 0 aromatic rings. The summed E-state index contributed by atoms with van der Waals surface area (Å²) in [5, 5.41) is 19.7. The molecule has 0 aliphatic rings. The molecule has 38 heavy (non-hydrogen) atoms. The van der Waals surface area contributed by atoms with Crippen molar-refractivity contribution in [3.63, 3.8) is 0 Å². The van der Waals surface area contributed by atoms with Crippen molar-refractivity contribution in [3.8, 4) is 0 Å². The summed E-state index contributed by atoms with van der Waals surface area (Å²) in [5.41, 5.74) is -0.583.